The van der Waals surface area contributed by atoms with Gasteiger partial charge in [0.2, 0.25) is 0 Å². The number of carbonyl (C=O) groups is 2. The molecular weight excluding hydrogens is 358 g/mol. The number of ether oxygens (including phenoxy) is 1. The smallest absolute Gasteiger partial charge is 0.264 e. The van der Waals surface area contributed by atoms with Gasteiger partial charge in [0, 0.05) is 4.88 Å². The van der Waals surface area contributed by atoms with Gasteiger partial charge in [-0.1, -0.05) is 17.7 Å². The van der Waals surface area contributed by atoms with Crippen molar-refractivity contribution in [3.05, 3.63) is 45.8 Å². The molecule has 0 unspecified atom stereocenters. The maximum Gasteiger partial charge on any atom is 0.264 e. The number of thiocarbonyl (C=S) groups is 1. The number of anilines is 1. The van der Waals surface area contributed by atoms with E-state index < -0.39 is 11.8 Å². The average molecular weight is 377 g/mol. The molecule has 0 radical (unpaired) electrons. The molecule has 2 amide bonds. The molecule has 0 bridgehead atoms. The van der Waals surface area contributed by atoms with Crippen molar-refractivity contribution < 1.29 is 14.3 Å². The highest BCUT2D eigenvalue weighted by Crippen LogP contribution is 2.31. The lowest BCUT2D eigenvalue weighted by Crippen LogP contribution is -2.37. The van der Waals surface area contributed by atoms with Gasteiger partial charge in [0.05, 0.1) is 5.56 Å². The Hall–Kier alpha value is -2.45. The molecule has 0 atom stereocenters. The summed E-state index contributed by atoms with van der Waals surface area (Å²) in [5, 5.41) is 5.97. The molecule has 1 aromatic carbocycles. The highest BCUT2D eigenvalue weighted by molar-refractivity contribution is 7.80. The first-order valence-electron chi connectivity index (χ1n) is 7.48. The van der Waals surface area contributed by atoms with Crippen molar-refractivity contribution in [3.8, 4) is 5.75 Å². The van der Waals surface area contributed by atoms with Gasteiger partial charge in [-0.25, -0.2) is 0 Å². The zero-order valence-corrected chi connectivity index (χ0v) is 15.8. The van der Waals surface area contributed by atoms with E-state index in [-0.39, 0.29) is 11.7 Å². The van der Waals surface area contributed by atoms with E-state index in [1.165, 1.54) is 11.3 Å². The van der Waals surface area contributed by atoms with Gasteiger partial charge in [-0.05, 0) is 50.7 Å². The molecule has 0 aliphatic heterocycles. The molecule has 0 aliphatic carbocycles. The minimum atomic E-state index is -0.541. The number of aryl methyl sites for hydroxylation is 2. The lowest BCUT2D eigenvalue weighted by atomic mass is 10.1. The van der Waals surface area contributed by atoms with Crippen LogP contribution < -0.4 is 21.1 Å². The van der Waals surface area contributed by atoms with Gasteiger partial charge >= 0.3 is 0 Å². The first-order chi connectivity index (χ1) is 11.8. The molecule has 6 nitrogen and oxygen atoms in total. The van der Waals surface area contributed by atoms with Gasteiger partial charge < -0.3 is 15.8 Å². The summed E-state index contributed by atoms with van der Waals surface area (Å²) >= 11 is 6.47. The molecule has 0 saturated heterocycles. The van der Waals surface area contributed by atoms with Crippen LogP contribution in [0.2, 0.25) is 0 Å². The van der Waals surface area contributed by atoms with Crippen LogP contribution in [-0.4, -0.2) is 23.5 Å². The molecule has 8 heteroatoms. The average Bonchev–Trinajstić information content (AvgIpc) is 2.80. The molecule has 2 aromatic rings. The summed E-state index contributed by atoms with van der Waals surface area (Å²) in [6.45, 7) is 5.49. The van der Waals surface area contributed by atoms with E-state index in [0.29, 0.717) is 16.3 Å². The largest absolute Gasteiger partial charge is 0.484 e. The topological polar surface area (TPSA) is 93.4 Å². The summed E-state index contributed by atoms with van der Waals surface area (Å²) in [7, 11) is 0. The number of nitrogens with two attached hydrogens (primary N) is 1. The number of amides is 2. The second-order valence-electron chi connectivity index (χ2n) is 5.46. The third-order valence-electron chi connectivity index (χ3n) is 3.50. The van der Waals surface area contributed by atoms with Crippen LogP contribution in [0, 0.1) is 20.8 Å². The minimum absolute atomic E-state index is 0.0845. The monoisotopic (exact) mass is 377 g/mol. The molecule has 132 valence electrons. The van der Waals surface area contributed by atoms with Crippen LogP contribution in [0.15, 0.2) is 24.3 Å². The Labute approximate surface area is 155 Å². The predicted molar refractivity (Wildman–Crippen MR) is 103 cm³/mol. The standard InChI is InChI=1S/C17H19N3O3S2/c1-9-4-6-12(7-5-9)23-8-13(21)19-17(24)20-16-14(15(18)22)10(2)11(3)25-16/h4-7H,8H2,1-3H3,(H2,18,22)(H2,19,20,21,24). The summed E-state index contributed by atoms with van der Waals surface area (Å²) < 4.78 is 5.39. The molecule has 0 spiro atoms. The fourth-order valence-electron chi connectivity index (χ4n) is 2.09. The highest BCUT2D eigenvalue weighted by Gasteiger charge is 2.18. The van der Waals surface area contributed by atoms with E-state index in [0.717, 1.165) is 16.0 Å². The van der Waals surface area contributed by atoms with Crippen molar-refractivity contribution in [2.75, 3.05) is 11.9 Å². The van der Waals surface area contributed by atoms with Crippen molar-refractivity contribution in [1.82, 2.24) is 5.32 Å². The second-order valence-corrected chi connectivity index (χ2v) is 7.09. The first-order valence-corrected chi connectivity index (χ1v) is 8.70. The Morgan fingerprint density at radius 1 is 1.20 bits per heavy atom. The number of primary amides is 1. The SMILES string of the molecule is Cc1ccc(OCC(=O)NC(=S)Nc2sc(C)c(C)c2C(N)=O)cc1. The lowest BCUT2D eigenvalue weighted by molar-refractivity contribution is -0.121. The molecular formula is C17H19N3O3S2. The van der Waals surface area contributed by atoms with Crippen molar-refractivity contribution in [2.24, 2.45) is 5.73 Å². The van der Waals surface area contributed by atoms with E-state index in [9.17, 15) is 9.59 Å². The third-order valence-corrected chi connectivity index (χ3v) is 4.83. The first kappa shape index (κ1) is 18.9. The molecule has 1 heterocycles. The Bertz CT molecular complexity index is 813. The van der Waals surface area contributed by atoms with Crippen LogP contribution in [0.1, 0.15) is 26.4 Å². The van der Waals surface area contributed by atoms with Gasteiger partial charge in [-0.2, -0.15) is 0 Å². The van der Waals surface area contributed by atoms with Crippen molar-refractivity contribution >= 4 is 45.5 Å². The number of rotatable bonds is 5. The summed E-state index contributed by atoms with van der Waals surface area (Å²) in [5.74, 6) is -0.343. The Balaban J connectivity index is 1.92. The summed E-state index contributed by atoms with van der Waals surface area (Å²) in [4.78, 5) is 24.5. The van der Waals surface area contributed by atoms with Crippen molar-refractivity contribution in [3.63, 3.8) is 0 Å². The maximum atomic E-state index is 11.9. The molecule has 1 aromatic heterocycles. The number of hydrogen-bond donors (Lipinski definition) is 3. The highest BCUT2D eigenvalue weighted by atomic mass is 32.1. The van der Waals surface area contributed by atoms with E-state index in [1.807, 2.05) is 32.9 Å². The van der Waals surface area contributed by atoms with Gasteiger partial charge in [-0.15, -0.1) is 11.3 Å². The van der Waals surface area contributed by atoms with Gasteiger partial charge in [-0.3, -0.25) is 14.9 Å². The van der Waals surface area contributed by atoms with Gasteiger partial charge in [0.25, 0.3) is 11.8 Å². The number of carbonyl (C=O) groups excluding carboxylic acids is 2. The van der Waals surface area contributed by atoms with Crippen LogP contribution in [0.5, 0.6) is 5.75 Å². The van der Waals surface area contributed by atoms with E-state index in [4.69, 9.17) is 22.7 Å². The number of nitrogens with one attached hydrogen (secondary N) is 2. The maximum absolute atomic E-state index is 11.9. The zero-order valence-electron chi connectivity index (χ0n) is 14.1. The molecule has 0 saturated carbocycles. The summed E-state index contributed by atoms with van der Waals surface area (Å²) in [6, 6.07) is 7.36. The molecule has 25 heavy (non-hydrogen) atoms. The van der Waals surface area contributed by atoms with E-state index in [2.05, 4.69) is 10.6 Å². The van der Waals surface area contributed by atoms with Gasteiger partial charge in [0.1, 0.15) is 10.8 Å². The van der Waals surface area contributed by atoms with Crippen LogP contribution in [0.25, 0.3) is 0 Å². The van der Waals surface area contributed by atoms with Crippen LogP contribution in [0.3, 0.4) is 0 Å². The molecule has 0 aliphatic rings. The van der Waals surface area contributed by atoms with Crippen LogP contribution >= 0.6 is 23.6 Å². The number of thiophene rings is 1. The lowest BCUT2D eigenvalue weighted by Gasteiger charge is -2.10. The van der Waals surface area contributed by atoms with Gasteiger partial charge in [0.15, 0.2) is 11.7 Å². The number of benzene rings is 1. The second kappa shape index (κ2) is 8.09. The van der Waals surface area contributed by atoms with Crippen molar-refractivity contribution in [1.29, 1.82) is 0 Å². The Morgan fingerprint density at radius 2 is 1.84 bits per heavy atom. The fourth-order valence-corrected chi connectivity index (χ4v) is 3.44. The normalized spacial score (nSPS) is 10.2. The number of hydrogen-bond acceptors (Lipinski definition) is 5. The summed E-state index contributed by atoms with van der Waals surface area (Å²) in [6.07, 6.45) is 0. The minimum Gasteiger partial charge on any atom is -0.484 e. The summed E-state index contributed by atoms with van der Waals surface area (Å²) in [5.41, 5.74) is 7.70. The fraction of sp³-hybridized carbons (Fsp3) is 0.235. The zero-order chi connectivity index (χ0) is 18.6. The Morgan fingerprint density at radius 3 is 2.44 bits per heavy atom. The Kier molecular flexibility index (Phi) is 6.11. The molecule has 4 N–H and O–H groups in total. The third kappa shape index (κ3) is 5.01. The predicted octanol–water partition coefficient (Wildman–Crippen LogP) is 2.66. The molecule has 0 fully saturated rings. The van der Waals surface area contributed by atoms with E-state index in [1.54, 1.807) is 12.1 Å². The quantitative estimate of drug-likeness (QED) is 0.697. The van der Waals surface area contributed by atoms with Crippen LogP contribution in [-0.2, 0) is 4.79 Å². The molecule has 2 rings (SSSR count). The van der Waals surface area contributed by atoms with Crippen LogP contribution in [0.4, 0.5) is 5.00 Å². The van der Waals surface area contributed by atoms with Crippen molar-refractivity contribution in [2.45, 2.75) is 20.8 Å². The van der Waals surface area contributed by atoms with E-state index >= 15 is 0 Å².